The molecule has 0 N–H and O–H groups in total. The number of hydrogen-bond donors (Lipinski definition) is 0. The molecule has 4 heteroatoms. The van der Waals surface area contributed by atoms with Crippen molar-refractivity contribution in [2.24, 2.45) is 0 Å². The Bertz CT molecular complexity index is 381. The number of pyridine rings is 1. The quantitative estimate of drug-likeness (QED) is 0.459. The number of nitrogens with zero attached hydrogens (tertiary/aromatic N) is 1. The van der Waals surface area contributed by atoms with Crippen LogP contribution in [0.4, 0.5) is 0 Å². The summed E-state index contributed by atoms with van der Waals surface area (Å²) >= 11 is 0. The number of carbonyl (C=O) groups excluding carboxylic acids is 1. The minimum absolute atomic E-state index is 0.119. The van der Waals surface area contributed by atoms with Gasteiger partial charge in [-0.25, -0.2) is 0 Å². The van der Waals surface area contributed by atoms with Crippen LogP contribution in [0.1, 0.15) is 57.4 Å². The molecule has 0 radical (unpaired) electrons. The molecule has 4 nitrogen and oxygen atoms in total. The van der Waals surface area contributed by atoms with Gasteiger partial charge in [0.05, 0.1) is 6.10 Å². The molecular weight excluding hydrogens is 266 g/mol. The van der Waals surface area contributed by atoms with E-state index in [4.69, 9.17) is 9.47 Å². The minimum Gasteiger partial charge on any atom is -0.461 e. The van der Waals surface area contributed by atoms with Crippen LogP contribution < -0.4 is 0 Å². The molecule has 1 unspecified atom stereocenters. The van der Waals surface area contributed by atoms with Crippen LogP contribution in [0.3, 0.4) is 0 Å². The largest absolute Gasteiger partial charge is 0.461 e. The van der Waals surface area contributed by atoms with E-state index in [1.165, 1.54) is 19.3 Å². The van der Waals surface area contributed by atoms with Gasteiger partial charge in [0, 0.05) is 31.5 Å². The van der Waals surface area contributed by atoms with Gasteiger partial charge in [-0.05, 0) is 25.8 Å². The average Bonchev–Trinajstić information content (AvgIpc) is 2.52. The van der Waals surface area contributed by atoms with Gasteiger partial charge in [0.2, 0.25) is 0 Å². The van der Waals surface area contributed by atoms with Crippen LogP contribution in [0.2, 0.25) is 0 Å². The average molecular weight is 293 g/mol. The van der Waals surface area contributed by atoms with Crippen molar-refractivity contribution >= 4 is 5.97 Å². The lowest BCUT2D eigenvalue weighted by Crippen LogP contribution is -2.05. The van der Waals surface area contributed by atoms with Crippen molar-refractivity contribution in [2.45, 2.75) is 64.6 Å². The van der Waals surface area contributed by atoms with Crippen LogP contribution in [0.15, 0.2) is 24.5 Å². The molecule has 118 valence electrons. The van der Waals surface area contributed by atoms with E-state index in [1.54, 1.807) is 19.5 Å². The zero-order valence-electron chi connectivity index (χ0n) is 13.2. The van der Waals surface area contributed by atoms with Crippen LogP contribution in [-0.4, -0.2) is 24.2 Å². The Morgan fingerprint density at radius 3 is 2.71 bits per heavy atom. The van der Waals surface area contributed by atoms with Gasteiger partial charge < -0.3 is 9.47 Å². The molecule has 1 heterocycles. The number of unbranched alkanes of at least 4 members (excludes halogenated alkanes) is 4. The Morgan fingerprint density at radius 2 is 2.00 bits per heavy atom. The van der Waals surface area contributed by atoms with Gasteiger partial charge in [0.15, 0.2) is 0 Å². The Hall–Kier alpha value is -1.42. The molecular formula is C17H27NO3. The second kappa shape index (κ2) is 11.3. The molecule has 0 saturated carbocycles. The summed E-state index contributed by atoms with van der Waals surface area (Å²) in [4.78, 5) is 15.6. The highest BCUT2D eigenvalue weighted by Gasteiger charge is 2.04. The summed E-state index contributed by atoms with van der Waals surface area (Å²) < 4.78 is 10.4. The molecule has 0 aliphatic carbocycles. The molecule has 1 rings (SSSR count). The van der Waals surface area contributed by atoms with Crippen molar-refractivity contribution in [3.05, 3.63) is 30.1 Å². The van der Waals surface area contributed by atoms with Crippen molar-refractivity contribution in [1.29, 1.82) is 0 Å². The number of aromatic nitrogens is 1. The van der Waals surface area contributed by atoms with Gasteiger partial charge in [0.1, 0.15) is 6.61 Å². The number of carbonyl (C=O) groups is 1. The van der Waals surface area contributed by atoms with Crippen molar-refractivity contribution in [1.82, 2.24) is 4.98 Å². The molecule has 0 aliphatic heterocycles. The SMILES string of the molecule is COC(C)CCCCCCCC(=O)OCc1cccnc1. The summed E-state index contributed by atoms with van der Waals surface area (Å²) in [5.74, 6) is -0.119. The predicted molar refractivity (Wildman–Crippen MR) is 82.8 cm³/mol. The first kappa shape index (κ1) is 17.6. The monoisotopic (exact) mass is 293 g/mol. The fourth-order valence-corrected chi connectivity index (χ4v) is 2.07. The van der Waals surface area contributed by atoms with Crippen LogP contribution in [0.5, 0.6) is 0 Å². The smallest absolute Gasteiger partial charge is 0.306 e. The van der Waals surface area contributed by atoms with E-state index < -0.39 is 0 Å². The first-order chi connectivity index (χ1) is 10.2. The van der Waals surface area contributed by atoms with E-state index in [9.17, 15) is 4.79 Å². The zero-order valence-corrected chi connectivity index (χ0v) is 13.2. The number of rotatable bonds is 11. The number of methoxy groups -OCH3 is 1. The van der Waals surface area contributed by atoms with Gasteiger partial charge in [-0.15, -0.1) is 0 Å². The molecule has 0 aromatic carbocycles. The summed E-state index contributed by atoms with van der Waals surface area (Å²) in [7, 11) is 1.75. The summed E-state index contributed by atoms with van der Waals surface area (Å²) in [5.41, 5.74) is 0.929. The van der Waals surface area contributed by atoms with Crippen LogP contribution >= 0.6 is 0 Å². The summed E-state index contributed by atoms with van der Waals surface area (Å²) in [6.07, 6.45) is 11.0. The standard InChI is InChI=1S/C17H27NO3/c1-15(20-2)9-6-4-3-5-7-11-17(19)21-14-16-10-8-12-18-13-16/h8,10,12-13,15H,3-7,9,11,14H2,1-2H3. The number of esters is 1. The lowest BCUT2D eigenvalue weighted by atomic mass is 10.1. The number of ether oxygens (including phenoxy) is 2. The zero-order chi connectivity index (χ0) is 15.3. The molecule has 0 amide bonds. The Balaban J connectivity index is 1.94. The third-order valence-electron chi connectivity index (χ3n) is 3.52. The maximum Gasteiger partial charge on any atom is 0.306 e. The van der Waals surface area contributed by atoms with Gasteiger partial charge in [-0.1, -0.05) is 31.7 Å². The van der Waals surface area contributed by atoms with Crippen LogP contribution in [0.25, 0.3) is 0 Å². The molecule has 0 fully saturated rings. The summed E-state index contributed by atoms with van der Waals surface area (Å²) in [5, 5.41) is 0. The highest BCUT2D eigenvalue weighted by Crippen LogP contribution is 2.10. The molecule has 0 aliphatic rings. The predicted octanol–water partition coefficient (Wildman–Crippen LogP) is 3.89. The fraction of sp³-hybridized carbons (Fsp3) is 0.647. The molecule has 1 aromatic heterocycles. The van der Waals surface area contributed by atoms with Crippen molar-refractivity contribution < 1.29 is 14.3 Å². The van der Waals surface area contributed by atoms with E-state index >= 15 is 0 Å². The molecule has 1 atom stereocenters. The van der Waals surface area contributed by atoms with Gasteiger partial charge in [-0.2, -0.15) is 0 Å². The second-order valence-corrected chi connectivity index (χ2v) is 5.37. The normalized spacial score (nSPS) is 12.1. The third-order valence-corrected chi connectivity index (χ3v) is 3.52. The second-order valence-electron chi connectivity index (χ2n) is 5.37. The maximum atomic E-state index is 11.6. The maximum absolute atomic E-state index is 11.6. The molecule has 1 aromatic rings. The van der Waals surface area contributed by atoms with Crippen LogP contribution in [-0.2, 0) is 20.9 Å². The molecule has 0 bridgehead atoms. The van der Waals surface area contributed by atoms with Gasteiger partial charge in [0.25, 0.3) is 0 Å². The Labute approximate surface area is 127 Å². The molecule has 21 heavy (non-hydrogen) atoms. The van der Waals surface area contributed by atoms with Crippen molar-refractivity contribution in [3.8, 4) is 0 Å². The highest BCUT2D eigenvalue weighted by molar-refractivity contribution is 5.69. The summed E-state index contributed by atoms with van der Waals surface area (Å²) in [6, 6.07) is 3.74. The first-order valence-corrected chi connectivity index (χ1v) is 7.79. The van der Waals surface area contributed by atoms with Gasteiger partial charge >= 0.3 is 5.97 Å². The lowest BCUT2D eigenvalue weighted by molar-refractivity contribution is -0.145. The number of hydrogen-bond acceptors (Lipinski definition) is 4. The topological polar surface area (TPSA) is 48.4 Å². The fourth-order valence-electron chi connectivity index (χ4n) is 2.07. The minimum atomic E-state index is -0.119. The Morgan fingerprint density at radius 1 is 1.24 bits per heavy atom. The highest BCUT2D eigenvalue weighted by atomic mass is 16.5. The molecule has 0 saturated heterocycles. The van der Waals surface area contributed by atoms with E-state index in [-0.39, 0.29) is 5.97 Å². The van der Waals surface area contributed by atoms with E-state index in [1.807, 2.05) is 12.1 Å². The Kier molecular flexibility index (Phi) is 9.46. The van der Waals surface area contributed by atoms with E-state index in [2.05, 4.69) is 11.9 Å². The first-order valence-electron chi connectivity index (χ1n) is 7.79. The third kappa shape index (κ3) is 9.19. The van der Waals surface area contributed by atoms with Gasteiger partial charge in [-0.3, -0.25) is 9.78 Å². The van der Waals surface area contributed by atoms with Crippen LogP contribution in [0, 0.1) is 0 Å². The van der Waals surface area contributed by atoms with Crippen molar-refractivity contribution in [3.63, 3.8) is 0 Å². The van der Waals surface area contributed by atoms with E-state index in [0.29, 0.717) is 19.1 Å². The lowest BCUT2D eigenvalue weighted by Gasteiger charge is -2.08. The summed E-state index contributed by atoms with van der Waals surface area (Å²) in [6.45, 7) is 2.42. The van der Waals surface area contributed by atoms with Crippen molar-refractivity contribution in [2.75, 3.05) is 7.11 Å². The molecule has 0 spiro atoms. The van der Waals surface area contributed by atoms with E-state index in [0.717, 1.165) is 24.8 Å².